The number of hydrogen-bond acceptors (Lipinski definition) is 4. The van der Waals surface area contributed by atoms with Crippen molar-refractivity contribution >= 4 is 0 Å². The zero-order valence-corrected chi connectivity index (χ0v) is 14.4. The van der Waals surface area contributed by atoms with Crippen molar-refractivity contribution in [1.82, 2.24) is 15.5 Å². The first-order valence-corrected chi connectivity index (χ1v) is 8.20. The number of hydrogen-bond donors (Lipinski definition) is 1. The van der Waals surface area contributed by atoms with Crippen LogP contribution in [0, 0.1) is 0 Å². The quantitative estimate of drug-likeness (QED) is 0.760. The van der Waals surface area contributed by atoms with Crippen LogP contribution in [-0.4, -0.2) is 10.2 Å². The van der Waals surface area contributed by atoms with Crippen LogP contribution in [0.25, 0.3) is 11.5 Å². The Kier molecular flexibility index (Phi) is 4.76. The Morgan fingerprint density at radius 3 is 2.25 bits per heavy atom. The summed E-state index contributed by atoms with van der Waals surface area (Å²) in [5.74, 6) is 1.16. The molecule has 3 aromatic rings. The van der Waals surface area contributed by atoms with Gasteiger partial charge in [-0.05, 0) is 28.7 Å². The molecule has 0 saturated heterocycles. The summed E-state index contributed by atoms with van der Waals surface area (Å²) in [6.07, 6.45) is 0. The van der Waals surface area contributed by atoms with Crippen molar-refractivity contribution in [1.29, 1.82) is 0 Å². The second-order valence-electron chi connectivity index (χ2n) is 6.92. The fraction of sp³-hybridized carbons (Fsp3) is 0.300. The summed E-state index contributed by atoms with van der Waals surface area (Å²) in [6.45, 7) is 7.93. The van der Waals surface area contributed by atoms with Gasteiger partial charge in [0.25, 0.3) is 0 Å². The number of nitrogens with zero attached hydrogens (tertiary/aromatic N) is 2. The third-order valence-electron chi connectivity index (χ3n) is 3.91. The van der Waals surface area contributed by atoms with Gasteiger partial charge in [-0.1, -0.05) is 63.2 Å². The lowest BCUT2D eigenvalue weighted by atomic mass is 9.87. The summed E-state index contributed by atoms with van der Waals surface area (Å²) >= 11 is 0. The SMILES string of the molecule is CC(C)(C)c1ccc(-c2nnc(CNCc3ccccc3)o2)cc1. The van der Waals surface area contributed by atoms with Crippen molar-refractivity contribution in [3.05, 3.63) is 71.6 Å². The van der Waals surface area contributed by atoms with Gasteiger partial charge in [0.15, 0.2) is 0 Å². The minimum Gasteiger partial charge on any atom is -0.419 e. The van der Waals surface area contributed by atoms with E-state index < -0.39 is 0 Å². The molecule has 0 saturated carbocycles. The van der Waals surface area contributed by atoms with Gasteiger partial charge in [0.2, 0.25) is 11.8 Å². The predicted octanol–water partition coefficient (Wildman–Crippen LogP) is 4.32. The van der Waals surface area contributed by atoms with E-state index in [1.807, 2.05) is 30.3 Å². The highest BCUT2D eigenvalue weighted by molar-refractivity contribution is 5.53. The second-order valence-corrected chi connectivity index (χ2v) is 6.92. The highest BCUT2D eigenvalue weighted by Crippen LogP contribution is 2.25. The van der Waals surface area contributed by atoms with Gasteiger partial charge in [-0.2, -0.15) is 0 Å². The topological polar surface area (TPSA) is 51.0 Å². The monoisotopic (exact) mass is 321 g/mol. The van der Waals surface area contributed by atoms with Gasteiger partial charge in [-0.25, -0.2) is 0 Å². The van der Waals surface area contributed by atoms with Gasteiger partial charge >= 0.3 is 0 Å². The molecule has 0 bridgehead atoms. The molecule has 0 radical (unpaired) electrons. The van der Waals surface area contributed by atoms with Crippen molar-refractivity contribution < 1.29 is 4.42 Å². The summed E-state index contributed by atoms with van der Waals surface area (Å²) in [7, 11) is 0. The fourth-order valence-corrected chi connectivity index (χ4v) is 2.46. The van der Waals surface area contributed by atoms with Crippen molar-refractivity contribution in [3.63, 3.8) is 0 Å². The lowest BCUT2D eigenvalue weighted by Crippen LogP contribution is -2.12. The summed E-state index contributed by atoms with van der Waals surface area (Å²) in [6, 6.07) is 18.6. The molecule has 4 heteroatoms. The van der Waals surface area contributed by atoms with E-state index in [4.69, 9.17) is 4.42 Å². The molecule has 0 aliphatic carbocycles. The first-order chi connectivity index (χ1) is 11.5. The summed E-state index contributed by atoms with van der Waals surface area (Å²) in [5, 5.41) is 11.6. The predicted molar refractivity (Wildman–Crippen MR) is 95.4 cm³/mol. The zero-order valence-electron chi connectivity index (χ0n) is 14.4. The number of nitrogens with one attached hydrogen (secondary N) is 1. The molecule has 0 fully saturated rings. The average Bonchev–Trinajstić information content (AvgIpc) is 3.04. The van der Waals surface area contributed by atoms with E-state index in [0.717, 1.165) is 12.1 Å². The standard InChI is InChI=1S/C20H23N3O/c1-20(2,3)17-11-9-16(10-12-17)19-23-22-18(24-19)14-21-13-15-7-5-4-6-8-15/h4-12,21H,13-14H2,1-3H3. The molecule has 3 rings (SSSR count). The van der Waals surface area contributed by atoms with Gasteiger partial charge < -0.3 is 9.73 Å². The number of benzene rings is 2. The average molecular weight is 321 g/mol. The molecule has 24 heavy (non-hydrogen) atoms. The maximum absolute atomic E-state index is 5.75. The zero-order chi connectivity index (χ0) is 17.0. The van der Waals surface area contributed by atoms with Crippen LogP contribution in [0.5, 0.6) is 0 Å². The molecule has 0 spiro atoms. The van der Waals surface area contributed by atoms with Crippen LogP contribution < -0.4 is 5.32 Å². The molecule has 0 unspecified atom stereocenters. The molecule has 0 amide bonds. The first-order valence-electron chi connectivity index (χ1n) is 8.20. The maximum Gasteiger partial charge on any atom is 0.247 e. The Hall–Kier alpha value is -2.46. The van der Waals surface area contributed by atoms with Crippen molar-refractivity contribution in [2.75, 3.05) is 0 Å². The lowest BCUT2D eigenvalue weighted by Gasteiger charge is -2.18. The van der Waals surface area contributed by atoms with Gasteiger partial charge in [0, 0.05) is 12.1 Å². The summed E-state index contributed by atoms with van der Waals surface area (Å²) < 4.78 is 5.75. The van der Waals surface area contributed by atoms with E-state index >= 15 is 0 Å². The third kappa shape index (κ3) is 4.09. The van der Waals surface area contributed by atoms with Crippen LogP contribution in [0.3, 0.4) is 0 Å². The Morgan fingerprint density at radius 2 is 1.58 bits per heavy atom. The third-order valence-corrected chi connectivity index (χ3v) is 3.91. The van der Waals surface area contributed by atoms with Crippen LogP contribution >= 0.6 is 0 Å². The number of rotatable bonds is 5. The molecule has 2 aromatic carbocycles. The molecule has 124 valence electrons. The smallest absolute Gasteiger partial charge is 0.247 e. The minimum atomic E-state index is 0.139. The largest absolute Gasteiger partial charge is 0.419 e. The highest BCUT2D eigenvalue weighted by Gasteiger charge is 2.14. The highest BCUT2D eigenvalue weighted by atomic mass is 16.4. The molecular weight excluding hydrogens is 298 g/mol. The van der Waals surface area contributed by atoms with Crippen LogP contribution in [0.2, 0.25) is 0 Å². The second kappa shape index (κ2) is 6.97. The van der Waals surface area contributed by atoms with E-state index in [-0.39, 0.29) is 5.41 Å². The van der Waals surface area contributed by atoms with Crippen LogP contribution in [0.1, 0.15) is 37.8 Å². The normalized spacial score (nSPS) is 11.6. The first kappa shape index (κ1) is 16.4. The molecular formula is C20H23N3O. The van der Waals surface area contributed by atoms with E-state index in [0.29, 0.717) is 18.3 Å². The Labute approximate surface area is 142 Å². The van der Waals surface area contributed by atoms with Gasteiger partial charge in [0.1, 0.15) is 0 Å². The molecule has 0 atom stereocenters. The van der Waals surface area contributed by atoms with Crippen LogP contribution in [0.15, 0.2) is 59.0 Å². The van der Waals surface area contributed by atoms with Gasteiger partial charge in [0.05, 0.1) is 6.54 Å². The van der Waals surface area contributed by atoms with Crippen molar-refractivity contribution in [2.24, 2.45) is 0 Å². The maximum atomic E-state index is 5.75. The summed E-state index contributed by atoms with van der Waals surface area (Å²) in [4.78, 5) is 0. The Bertz CT molecular complexity index is 771. The van der Waals surface area contributed by atoms with Gasteiger partial charge in [-0.3, -0.25) is 0 Å². The van der Waals surface area contributed by atoms with Crippen LogP contribution in [-0.2, 0) is 18.5 Å². The summed E-state index contributed by atoms with van der Waals surface area (Å²) in [5.41, 5.74) is 3.61. The molecule has 0 aliphatic rings. The minimum absolute atomic E-state index is 0.139. The molecule has 0 aliphatic heterocycles. The van der Waals surface area contributed by atoms with Crippen molar-refractivity contribution in [3.8, 4) is 11.5 Å². The molecule has 1 aromatic heterocycles. The molecule has 4 nitrogen and oxygen atoms in total. The van der Waals surface area contributed by atoms with E-state index in [9.17, 15) is 0 Å². The fourth-order valence-electron chi connectivity index (χ4n) is 2.46. The Morgan fingerprint density at radius 1 is 0.875 bits per heavy atom. The number of aromatic nitrogens is 2. The van der Waals surface area contributed by atoms with E-state index in [1.54, 1.807) is 0 Å². The lowest BCUT2D eigenvalue weighted by molar-refractivity contribution is 0.477. The Balaban J connectivity index is 1.61. The molecule has 1 heterocycles. The van der Waals surface area contributed by atoms with Crippen molar-refractivity contribution in [2.45, 2.75) is 39.3 Å². The van der Waals surface area contributed by atoms with E-state index in [1.165, 1.54) is 11.1 Å². The van der Waals surface area contributed by atoms with Crippen LogP contribution in [0.4, 0.5) is 0 Å². The van der Waals surface area contributed by atoms with E-state index in [2.05, 4.69) is 60.6 Å². The molecule has 1 N–H and O–H groups in total. The van der Waals surface area contributed by atoms with Gasteiger partial charge in [-0.15, -0.1) is 10.2 Å².